The van der Waals surface area contributed by atoms with E-state index in [1.807, 2.05) is 6.07 Å². The summed E-state index contributed by atoms with van der Waals surface area (Å²) in [6.45, 7) is 16.1. The van der Waals surface area contributed by atoms with Crippen molar-refractivity contribution in [3.05, 3.63) is 29.3 Å². The SMILES string of the molecule is CCC[N+](CC)(CCC)C(CC)C(=O)Nc1c(C)cccc1C. The van der Waals surface area contributed by atoms with Gasteiger partial charge in [-0.05, 0) is 44.7 Å². The van der Waals surface area contributed by atoms with Crippen LogP contribution in [0.2, 0.25) is 0 Å². The number of aryl methyl sites for hydroxylation is 2. The van der Waals surface area contributed by atoms with Crippen molar-refractivity contribution in [2.24, 2.45) is 0 Å². The molecule has 0 saturated carbocycles. The Kier molecular flexibility index (Phi) is 7.77. The number of anilines is 1. The molecule has 0 aliphatic heterocycles. The van der Waals surface area contributed by atoms with Gasteiger partial charge in [0.25, 0.3) is 5.91 Å². The van der Waals surface area contributed by atoms with Crippen molar-refractivity contribution in [3.63, 3.8) is 0 Å². The normalized spacial score (nSPS) is 13.0. The quantitative estimate of drug-likeness (QED) is 0.658. The third kappa shape index (κ3) is 4.57. The van der Waals surface area contributed by atoms with Gasteiger partial charge in [-0.1, -0.05) is 39.0 Å². The highest BCUT2D eigenvalue weighted by atomic mass is 16.2. The first-order chi connectivity index (χ1) is 11.0. The van der Waals surface area contributed by atoms with Gasteiger partial charge >= 0.3 is 0 Å². The molecule has 0 bridgehead atoms. The Hall–Kier alpha value is -1.35. The molecule has 130 valence electrons. The molecule has 3 heteroatoms. The summed E-state index contributed by atoms with van der Waals surface area (Å²) in [7, 11) is 0. The molecule has 1 aromatic carbocycles. The first-order valence-electron chi connectivity index (χ1n) is 9.18. The van der Waals surface area contributed by atoms with E-state index in [1.165, 1.54) is 0 Å². The Labute approximate surface area is 142 Å². The lowest BCUT2D eigenvalue weighted by Crippen LogP contribution is -2.60. The van der Waals surface area contributed by atoms with Crippen LogP contribution in [0.1, 0.15) is 58.1 Å². The molecule has 0 spiro atoms. The minimum absolute atomic E-state index is 0.0268. The van der Waals surface area contributed by atoms with E-state index in [4.69, 9.17) is 0 Å². The highest BCUT2D eigenvalue weighted by Crippen LogP contribution is 2.24. The van der Waals surface area contributed by atoms with Crippen molar-refractivity contribution >= 4 is 11.6 Å². The number of likely N-dealkylation sites (N-methyl/N-ethyl adjacent to an activating group) is 1. The van der Waals surface area contributed by atoms with Crippen molar-refractivity contribution < 1.29 is 9.28 Å². The molecule has 1 aromatic rings. The van der Waals surface area contributed by atoms with Crippen LogP contribution in [0.15, 0.2) is 18.2 Å². The van der Waals surface area contributed by atoms with Gasteiger partial charge in [0.1, 0.15) is 0 Å². The third-order valence-corrected chi connectivity index (χ3v) is 5.05. The summed E-state index contributed by atoms with van der Waals surface area (Å²) in [5, 5.41) is 3.23. The van der Waals surface area contributed by atoms with E-state index in [0.717, 1.165) is 60.2 Å². The van der Waals surface area contributed by atoms with Crippen molar-refractivity contribution in [2.45, 2.75) is 66.8 Å². The maximum absolute atomic E-state index is 13.1. The maximum Gasteiger partial charge on any atom is 0.282 e. The van der Waals surface area contributed by atoms with E-state index in [-0.39, 0.29) is 11.9 Å². The number of nitrogens with zero attached hydrogens (tertiary/aromatic N) is 1. The second kappa shape index (κ2) is 9.07. The number of benzene rings is 1. The summed E-state index contributed by atoms with van der Waals surface area (Å²) in [6.07, 6.45) is 3.10. The van der Waals surface area contributed by atoms with Crippen LogP contribution < -0.4 is 5.32 Å². The number of nitrogens with one attached hydrogen (secondary N) is 1. The van der Waals surface area contributed by atoms with E-state index >= 15 is 0 Å². The standard InChI is InChI=1S/C20H34N2O/c1-7-14-22(10-4,15-8-2)18(9-3)20(23)21-19-16(5)12-11-13-17(19)6/h11-13,18H,7-10,14-15H2,1-6H3/p+1. The lowest BCUT2D eigenvalue weighted by Gasteiger charge is -2.43. The van der Waals surface area contributed by atoms with Crippen molar-refractivity contribution in [1.29, 1.82) is 0 Å². The van der Waals surface area contributed by atoms with Crippen LogP contribution >= 0.6 is 0 Å². The Morgan fingerprint density at radius 1 is 1.04 bits per heavy atom. The largest absolute Gasteiger partial charge is 0.320 e. The average molecular weight is 320 g/mol. The molecule has 1 amide bonds. The van der Waals surface area contributed by atoms with Gasteiger partial charge in [0.05, 0.1) is 19.6 Å². The molecule has 0 fully saturated rings. The number of hydrogen-bond donors (Lipinski definition) is 1. The van der Waals surface area contributed by atoms with E-state index in [2.05, 4.69) is 59.0 Å². The number of para-hydroxylation sites is 1. The molecule has 3 nitrogen and oxygen atoms in total. The van der Waals surface area contributed by atoms with Crippen LogP contribution in [0.4, 0.5) is 5.69 Å². The molecule has 1 N–H and O–H groups in total. The van der Waals surface area contributed by atoms with E-state index in [0.29, 0.717) is 0 Å². The van der Waals surface area contributed by atoms with Crippen LogP contribution in [0.3, 0.4) is 0 Å². The number of carbonyl (C=O) groups is 1. The second-order valence-corrected chi connectivity index (χ2v) is 6.66. The van der Waals surface area contributed by atoms with Crippen LogP contribution in [-0.4, -0.2) is 36.1 Å². The van der Waals surface area contributed by atoms with Gasteiger partial charge < -0.3 is 9.80 Å². The number of carbonyl (C=O) groups excluding carboxylic acids is 1. The topological polar surface area (TPSA) is 29.1 Å². The first kappa shape index (κ1) is 19.7. The van der Waals surface area contributed by atoms with E-state index < -0.39 is 0 Å². The molecule has 0 aliphatic carbocycles. The summed E-state index contributed by atoms with van der Waals surface area (Å²) in [5.41, 5.74) is 3.25. The van der Waals surface area contributed by atoms with Crippen LogP contribution in [0.25, 0.3) is 0 Å². The molecule has 1 atom stereocenters. The van der Waals surface area contributed by atoms with Gasteiger partial charge in [-0.25, -0.2) is 0 Å². The molecule has 0 aliphatic rings. The Morgan fingerprint density at radius 3 is 1.96 bits per heavy atom. The van der Waals surface area contributed by atoms with Gasteiger partial charge in [-0.15, -0.1) is 0 Å². The predicted octanol–water partition coefficient (Wildman–Crippen LogP) is 4.68. The zero-order chi connectivity index (χ0) is 17.5. The van der Waals surface area contributed by atoms with Crippen molar-refractivity contribution in [3.8, 4) is 0 Å². The smallest absolute Gasteiger partial charge is 0.282 e. The summed E-state index contributed by atoms with van der Waals surface area (Å²) < 4.78 is 0.903. The zero-order valence-electron chi connectivity index (χ0n) is 15.9. The molecule has 1 unspecified atom stereocenters. The fourth-order valence-electron chi connectivity index (χ4n) is 3.89. The van der Waals surface area contributed by atoms with Gasteiger partial charge in [0.15, 0.2) is 6.04 Å². The molecule has 23 heavy (non-hydrogen) atoms. The summed E-state index contributed by atoms with van der Waals surface area (Å²) in [6, 6.07) is 6.18. The highest BCUT2D eigenvalue weighted by Gasteiger charge is 2.38. The van der Waals surface area contributed by atoms with Crippen molar-refractivity contribution in [1.82, 2.24) is 0 Å². The second-order valence-electron chi connectivity index (χ2n) is 6.66. The monoisotopic (exact) mass is 319 g/mol. The number of rotatable bonds is 9. The van der Waals surface area contributed by atoms with Gasteiger partial charge in [-0.2, -0.15) is 0 Å². The predicted molar refractivity (Wildman–Crippen MR) is 99.7 cm³/mol. The Morgan fingerprint density at radius 2 is 1.57 bits per heavy atom. The Balaban J connectivity index is 3.09. The summed E-state index contributed by atoms with van der Waals surface area (Å²) in [5.74, 6) is 0.175. The lowest BCUT2D eigenvalue weighted by atomic mass is 10.0. The van der Waals surface area contributed by atoms with E-state index in [1.54, 1.807) is 0 Å². The fraction of sp³-hybridized carbons (Fsp3) is 0.650. The third-order valence-electron chi connectivity index (χ3n) is 5.05. The van der Waals surface area contributed by atoms with Gasteiger partial charge in [-0.3, -0.25) is 4.79 Å². The lowest BCUT2D eigenvalue weighted by molar-refractivity contribution is -0.941. The molecule has 0 aromatic heterocycles. The van der Waals surface area contributed by atoms with Gasteiger partial charge in [0.2, 0.25) is 0 Å². The minimum atomic E-state index is 0.0268. The molecule has 0 heterocycles. The van der Waals surface area contributed by atoms with Crippen LogP contribution in [-0.2, 0) is 4.79 Å². The number of amides is 1. The molecular formula is C20H35N2O+. The van der Waals surface area contributed by atoms with Crippen molar-refractivity contribution in [2.75, 3.05) is 25.0 Å². The fourth-order valence-corrected chi connectivity index (χ4v) is 3.89. The zero-order valence-corrected chi connectivity index (χ0v) is 15.9. The number of quaternary nitrogens is 1. The van der Waals surface area contributed by atoms with E-state index in [9.17, 15) is 4.79 Å². The highest BCUT2D eigenvalue weighted by molar-refractivity contribution is 5.95. The van der Waals surface area contributed by atoms with Gasteiger partial charge in [0, 0.05) is 12.1 Å². The average Bonchev–Trinajstić information content (AvgIpc) is 2.52. The van der Waals surface area contributed by atoms with Crippen LogP contribution in [0, 0.1) is 13.8 Å². The molecular weight excluding hydrogens is 284 g/mol. The number of hydrogen-bond acceptors (Lipinski definition) is 1. The Bertz CT molecular complexity index is 484. The van der Waals surface area contributed by atoms with Crippen LogP contribution in [0.5, 0.6) is 0 Å². The molecule has 1 rings (SSSR count). The molecule has 0 saturated heterocycles. The molecule has 0 radical (unpaired) electrons. The summed E-state index contributed by atoms with van der Waals surface area (Å²) in [4.78, 5) is 13.1. The summed E-state index contributed by atoms with van der Waals surface area (Å²) >= 11 is 0. The maximum atomic E-state index is 13.1. The first-order valence-corrected chi connectivity index (χ1v) is 9.18. The minimum Gasteiger partial charge on any atom is -0.320 e.